The molecule has 140 valence electrons. The summed E-state index contributed by atoms with van der Waals surface area (Å²) >= 11 is 0. The van der Waals surface area contributed by atoms with Crippen molar-refractivity contribution >= 4 is 11.7 Å². The van der Waals surface area contributed by atoms with Crippen LogP contribution in [0.5, 0.6) is 0 Å². The van der Waals surface area contributed by atoms with Crippen LogP contribution in [0.1, 0.15) is 68.3 Å². The fourth-order valence-electron chi connectivity index (χ4n) is 3.77. The molecule has 1 aliphatic carbocycles. The molecule has 1 amide bonds. The van der Waals surface area contributed by atoms with Gasteiger partial charge in [-0.1, -0.05) is 27.7 Å². The molecule has 5 nitrogen and oxygen atoms in total. The van der Waals surface area contributed by atoms with Crippen molar-refractivity contribution in [3.8, 4) is 0 Å². The maximum Gasteiger partial charge on any atom is 0.224 e. The molecule has 0 aliphatic heterocycles. The first-order valence-corrected chi connectivity index (χ1v) is 9.20. The van der Waals surface area contributed by atoms with Crippen LogP contribution in [-0.4, -0.2) is 34.0 Å². The van der Waals surface area contributed by atoms with E-state index in [0.717, 1.165) is 35.5 Å². The van der Waals surface area contributed by atoms with Gasteiger partial charge in [-0.15, -0.1) is 0 Å². The topological polar surface area (TPSA) is 71.3 Å². The van der Waals surface area contributed by atoms with Crippen molar-refractivity contribution in [1.29, 1.82) is 0 Å². The Morgan fingerprint density at radius 1 is 1.28 bits per heavy atom. The lowest BCUT2D eigenvalue weighted by molar-refractivity contribution is -0.121. The van der Waals surface area contributed by atoms with E-state index in [1.165, 1.54) is 0 Å². The number of aliphatic hydroxyl groups is 1. The molecule has 1 unspecified atom stereocenters. The van der Waals surface area contributed by atoms with Gasteiger partial charge in [0.05, 0.1) is 13.0 Å². The van der Waals surface area contributed by atoms with Gasteiger partial charge in [-0.25, -0.2) is 0 Å². The minimum atomic E-state index is -0.281. The standard InChI is InChI=1S/C20H32N2O3/c1-12(2)10-22-14(4)15(7-18(25)21-13(3)11-23)19-16(22)8-20(5,6)9-17(19)24/h12-13,23H,7-11H2,1-6H3,(H,21,25). The van der Waals surface area contributed by atoms with Crippen molar-refractivity contribution < 1.29 is 14.7 Å². The van der Waals surface area contributed by atoms with Gasteiger partial charge < -0.3 is 15.0 Å². The van der Waals surface area contributed by atoms with E-state index in [2.05, 4.69) is 37.6 Å². The maximum absolute atomic E-state index is 12.8. The number of ketones is 1. The van der Waals surface area contributed by atoms with E-state index >= 15 is 0 Å². The van der Waals surface area contributed by atoms with Gasteiger partial charge in [-0.05, 0) is 37.2 Å². The summed E-state index contributed by atoms with van der Waals surface area (Å²) < 4.78 is 2.25. The molecule has 0 fully saturated rings. The number of carbonyl (C=O) groups is 2. The molecule has 1 aromatic heterocycles. The van der Waals surface area contributed by atoms with Gasteiger partial charge in [-0.3, -0.25) is 9.59 Å². The van der Waals surface area contributed by atoms with E-state index in [-0.39, 0.29) is 36.2 Å². The van der Waals surface area contributed by atoms with Crippen LogP contribution < -0.4 is 5.32 Å². The van der Waals surface area contributed by atoms with Crippen molar-refractivity contribution in [3.63, 3.8) is 0 Å². The number of hydrogen-bond donors (Lipinski definition) is 2. The molecule has 2 N–H and O–H groups in total. The Labute approximate surface area is 150 Å². The summed E-state index contributed by atoms with van der Waals surface area (Å²) in [6, 6.07) is -0.281. The second kappa shape index (κ2) is 7.32. The Hall–Kier alpha value is -1.62. The van der Waals surface area contributed by atoms with E-state index in [1.54, 1.807) is 6.92 Å². The Morgan fingerprint density at radius 3 is 2.48 bits per heavy atom. The van der Waals surface area contributed by atoms with Crippen molar-refractivity contribution in [2.45, 2.75) is 73.4 Å². The molecule has 1 heterocycles. The van der Waals surface area contributed by atoms with Crippen LogP contribution >= 0.6 is 0 Å². The van der Waals surface area contributed by atoms with Gasteiger partial charge in [0.25, 0.3) is 0 Å². The van der Waals surface area contributed by atoms with Gasteiger partial charge in [-0.2, -0.15) is 0 Å². The molecule has 25 heavy (non-hydrogen) atoms. The average molecular weight is 348 g/mol. The monoisotopic (exact) mass is 348 g/mol. The minimum Gasteiger partial charge on any atom is -0.394 e. The summed E-state index contributed by atoms with van der Waals surface area (Å²) in [5.74, 6) is 0.466. The van der Waals surface area contributed by atoms with Gasteiger partial charge in [0.1, 0.15) is 0 Å². The van der Waals surface area contributed by atoms with Crippen LogP contribution in [-0.2, 0) is 24.2 Å². The smallest absolute Gasteiger partial charge is 0.224 e. The second-order valence-electron chi connectivity index (χ2n) is 8.66. The van der Waals surface area contributed by atoms with Crippen LogP contribution in [0.3, 0.4) is 0 Å². The van der Waals surface area contributed by atoms with Crippen LogP contribution in [0, 0.1) is 18.3 Å². The summed E-state index contributed by atoms with van der Waals surface area (Å²) in [7, 11) is 0. The highest BCUT2D eigenvalue weighted by Crippen LogP contribution is 2.39. The van der Waals surface area contributed by atoms with Crippen LogP contribution in [0.25, 0.3) is 0 Å². The lowest BCUT2D eigenvalue weighted by Gasteiger charge is -2.30. The molecule has 1 atom stereocenters. The highest BCUT2D eigenvalue weighted by Gasteiger charge is 2.37. The first-order chi connectivity index (χ1) is 11.6. The first kappa shape index (κ1) is 19.7. The van der Waals surface area contributed by atoms with Gasteiger partial charge in [0.2, 0.25) is 5.91 Å². The highest BCUT2D eigenvalue weighted by atomic mass is 16.3. The number of fused-ring (bicyclic) bond motifs is 1. The predicted molar refractivity (Wildman–Crippen MR) is 98.8 cm³/mol. The quantitative estimate of drug-likeness (QED) is 0.830. The van der Waals surface area contributed by atoms with Crippen molar-refractivity contribution in [2.75, 3.05) is 6.61 Å². The van der Waals surface area contributed by atoms with Crippen molar-refractivity contribution in [2.24, 2.45) is 11.3 Å². The number of Topliss-reactive ketones (excluding diaryl/α,β-unsaturated/α-hetero) is 1. The van der Waals surface area contributed by atoms with Crippen molar-refractivity contribution in [3.05, 3.63) is 22.5 Å². The Kier molecular flexibility index (Phi) is 5.77. The molecule has 1 aliphatic rings. The lowest BCUT2D eigenvalue weighted by Crippen LogP contribution is -2.36. The van der Waals surface area contributed by atoms with Crippen LogP contribution in [0.15, 0.2) is 0 Å². The number of amides is 1. The summed E-state index contributed by atoms with van der Waals surface area (Å²) in [5.41, 5.74) is 3.69. The van der Waals surface area contributed by atoms with Crippen LogP contribution in [0.4, 0.5) is 0 Å². The molecule has 0 saturated carbocycles. The number of carbonyl (C=O) groups excluding carboxylic acids is 2. The van der Waals surface area contributed by atoms with E-state index in [1.807, 2.05) is 6.92 Å². The van der Waals surface area contributed by atoms with E-state index in [0.29, 0.717) is 12.3 Å². The molecular weight excluding hydrogens is 316 g/mol. The Bertz CT molecular complexity index is 671. The Balaban J connectivity index is 2.45. The third kappa shape index (κ3) is 4.32. The zero-order chi connectivity index (χ0) is 18.9. The molecule has 0 saturated heterocycles. The summed E-state index contributed by atoms with van der Waals surface area (Å²) in [6.45, 7) is 13.1. The number of aromatic nitrogens is 1. The summed E-state index contributed by atoms with van der Waals surface area (Å²) in [6.07, 6.45) is 1.57. The zero-order valence-corrected chi connectivity index (χ0v) is 16.4. The SMILES string of the molecule is Cc1c(CC(=O)NC(C)CO)c2c(n1CC(C)C)CC(C)(C)CC2=O. The third-order valence-corrected chi connectivity index (χ3v) is 4.89. The molecule has 5 heteroatoms. The molecule has 0 spiro atoms. The molecule has 0 aromatic carbocycles. The minimum absolute atomic E-state index is 0.0471. The molecule has 0 radical (unpaired) electrons. The predicted octanol–water partition coefficient (Wildman–Crippen LogP) is 2.65. The maximum atomic E-state index is 12.8. The number of hydrogen-bond acceptors (Lipinski definition) is 3. The average Bonchev–Trinajstić information content (AvgIpc) is 2.71. The Morgan fingerprint density at radius 2 is 1.92 bits per heavy atom. The third-order valence-electron chi connectivity index (χ3n) is 4.89. The number of aliphatic hydroxyl groups excluding tert-OH is 1. The highest BCUT2D eigenvalue weighted by molar-refractivity contribution is 6.01. The number of nitrogens with one attached hydrogen (secondary N) is 1. The summed E-state index contributed by atoms with van der Waals surface area (Å²) in [4.78, 5) is 25.2. The fourth-order valence-corrected chi connectivity index (χ4v) is 3.77. The van der Waals surface area contributed by atoms with E-state index < -0.39 is 0 Å². The van der Waals surface area contributed by atoms with Gasteiger partial charge in [0, 0.05) is 36.0 Å². The molecule has 1 aromatic rings. The molecule has 0 bridgehead atoms. The molecular formula is C20H32N2O3. The number of rotatable bonds is 6. The van der Waals surface area contributed by atoms with Crippen molar-refractivity contribution in [1.82, 2.24) is 9.88 Å². The second-order valence-corrected chi connectivity index (χ2v) is 8.66. The summed E-state index contributed by atoms with van der Waals surface area (Å²) in [5, 5.41) is 11.9. The number of nitrogens with zero attached hydrogens (tertiary/aromatic N) is 1. The fraction of sp³-hybridized carbons (Fsp3) is 0.700. The normalized spacial score (nSPS) is 17.5. The van der Waals surface area contributed by atoms with E-state index in [4.69, 9.17) is 5.11 Å². The van der Waals surface area contributed by atoms with Crippen LogP contribution in [0.2, 0.25) is 0 Å². The first-order valence-electron chi connectivity index (χ1n) is 9.20. The van der Waals surface area contributed by atoms with E-state index in [9.17, 15) is 9.59 Å². The lowest BCUT2D eigenvalue weighted by atomic mass is 9.75. The largest absolute Gasteiger partial charge is 0.394 e. The van der Waals surface area contributed by atoms with Gasteiger partial charge in [0.15, 0.2) is 5.78 Å². The molecule has 2 rings (SSSR count). The van der Waals surface area contributed by atoms with Gasteiger partial charge >= 0.3 is 0 Å². The zero-order valence-electron chi connectivity index (χ0n) is 16.4.